The number of halogens is 2. The van der Waals surface area contributed by atoms with Gasteiger partial charge in [-0.1, -0.05) is 75.6 Å². The van der Waals surface area contributed by atoms with E-state index in [0.29, 0.717) is 41.9 Å². The van der Waals surface area contributed by atoms with Crippen molar-refractivity contribution in [2.45, 2.75) is 80.5 Å². The van der Waals surface area contributed by atoms with Crippen molar-refractivity contribution < 1.29 is 22.0 Å². The fraction of sp³-hybridized carbons (Fsp3) is 0.448. The molecule has 2 aromatic carbocycles. The smallest absolute Gasteiger partial charge is 0.328 e. The van der Waals surface area contributed by atoms with Crippen LogP contribution < -0.4 is 10.0 Å². The molecular formula is C29H36F2N4O3S2. The first-order valence-electron chi connectivity index (χ1n) is 13.7. The van der Waals surface area contributed by atoms with Gasteiger partial charge in [0.05, 0.1) is 4.90 Å². The predicted molar refractivity (Wildman–Crippen MR) is 154 cm³/mol. The Morgan fingerprint density at radius 1 is 1.10 bits per heavy atom. The number of amides is 2. The molecule has 2 N–H and O–H groups in total. The second kappa shape index (κ2) is 13.6. The van der Waals surface area contributed by atoms with E-state index in [4.69, 9.17) is 0 Å². The number of hydrogen-bond donors (Lipinski definition) is 2. The van der Waals surface area contributed by atoms with E-state index in [2.05, 4.69) is 15.0 Å². The lowest BCUT2D eigenvalue weighted by Gasteiger charge is -2.21. The number of urea groups is 1. The first-order chi connectivity index (χ1) is 19.2. The van der Waals surface area contributed by atoms with Crippen LogP contribution in [0.5, 0.6) is 0 Å². The Hall–Kier alpha value is -2.92. The molecule has 7 nitrogen and oxygen atoms in total. The number of sulfonamides is 1. The summed E-state index contributed by atoms with van der Waals surface area (Å²) in [5.41, 5.74) is 2.06. The third kappa shape index (κ3) is 7.84. The van der Waals surface area contributed by atoms with Crippen molar-refractivity contribution in [2.75, 3.05) is 6.54 Å². The minimum absolute atomic E-state index is 0.0119. The zero-order chi connectivity index (χ0) is 28.7. The van der Waals surface area contributed by atoms with E-state index in [-0.39, 0.29) is 15.8 Å². The van der Waals surface area contributed by atoms with E-state index < -0.39 is 21.8 Å². The second-order valence-electron chi connectivity index (χ2n) is 10.3. The number of aromatic nitrogens is 2. The number of carbonyl (C=O) groups excluding carboxylic acids is 1. The highest BCUT2D eigenvalue weighted by Crippen LogP contribution is 2.30. The molecule has 1 atom stereocenters. The summed E-state index contributed by atoms with van der Waals surface area (Å²) in [6, 6.07) is 13.2. The Morgan fingerprint density at radius 2 is 1.80 bits per heavy atom. The average molecular weight is 591 g/mol. The molecule has 4 rings (SSSR count). The molecule has 0 radical (unpaired) electrons. The van der Waals surface area contributed by atoms with E-state index >= 15 is 0 Å². The molecule has 11 heteroatoms. The van der Waals surface area contributed by atoms with E-state index in [1.165, 1.54) is 12.5 Å². The molecule has 0 saturated heterocycles. The fourth-order valence-corrected chi connectivity index (χ4v) is 6.70. The van der Waals surface area contributed by atoms with Gasteiger partial charge in [0.25, 0.3) is 15.8 Å². The summed E-state index contributed by atoms with van der Waals surface area (Å²) in [7, 11) is -4.11. The van der Waals surface area contributed by atoms with Crippen molar-refractivity contribution in [1.82, 2.24) is 19.6 Å². The van der Waals surface area contributed by atoms with Crippen molar-refractivity contribution in [3.8, 4) is 11.1 Å². The van der Waals surface area contributed by atoms with Crippen molar-refractivity contribution in [3.63, 3.8) is 0 Å². The van der Waals surface area contributed by atoms with E-state index in [1.807, 2.05) is 42.7 Å². The molecule has 1 aliphatic carbocycles. The van der Waals surface area contributed by atoms with Gasteiger partial charge in [0.15, 0.2) is 0 Å². The number of rotatable bonds is 11. The summed E-state index contributed by atoms with van der Waals surface area (Å²) >= 11 is 0.433. The Bertz CT molecular complexity index is 1390. The number of alkyl halides is 2. The van der Waals surface area contributed by atoms with Gasteiger partial charge in [-0.3, -0.25) is 0 Å². The zero-order valence-electron chi connectivity index (χ0n) is 22.8. The van der Waals surface area contributed by atoms with Crippen molar-refractivity contribution in [1.29, 1.82) is 0 Å². The van der Waals surface area contributed by atoms with Crippen LogP contribution >= 0.6 is 11.8 Å². The van der Waals surface area contributed by atoms with E-state index in [0.717, 1.165) is 43.5 Å². The maximum Gasteiger partial charge on any atom is 0.328 e. The van der Waals surface area contributed by atoms with Crippen molar-refractivity contribution >= 4 is 27.8 Å². The van der Waals surface area contributed by atoms with Gasteiger partial charge in [0, 0.05) is 30.8 Å². The highest BCUT2D eigenvalue weighted by atomic mass is 32.2. The first-order valence-corrected chi connectivity index (χ1v) is 16.0. The summed E-state index contributed by atoms with van der Waals surface area (Å²) < 4.78 is 56.2. The van der Waals surface area contributed by atoms with Crippen LogP contribution in [0.15, 0.2) is 64.6 Å². The number of nitrogens with zero attached hydrogens (tertiary/aromatic N) is 2. The van der Waals surface area contributed by atoms with Crippen LogP contribution in [0, 0.1) is 5.92 Å². The van der Waals surface area contributed by atoms with Gasteiger partial charge in [0.1, 0.15) is 10.9 Å². The van der Waals surface area contributed by atoms with Gasteiger partial charge in [-0.25, -0.2) is 22.9 Å². The Morgan fingerprint density at radius 3 is 2.48 bits per heavy atom. The third-order valence-electron chi connectivity index (χ3n) is 7.35. The van der Waals surface area contributed by atoms with Gasteiger partial charge in [-0.2, -0.15) is 8.78 Å². The summed E-state index contributed by atoms with van der Waals surface area (Å²) in [6.07, 6.45) is 8.05. The normalized spacial score (nSPS) is 15.2. The summed E-state index contributed by atoms with van der Waals surface area (Å²) in [5, 5.41) is 3.01. The standard InChI is InChI=1S/C29H36F2N4O3S2/c1-3-20(2)27-33-26(39-28(30)31)19-35(27)18-22-13-15-23(16-14-22)24-11-7-8-12-25(24)40(37,38)34-29(36)32-17-21-9-5-4-6-10-21/h7-8,11-16,19-21,28H,3-6,9-10,17-18H2,1-2H3,(H2,32,34,36). The molecule has 0 bridgehead atoms. The number of nitrogens with one attached hydrogen (secondary N) is 2. The number of thioether (sulfide) groups is 1. The van der Waals surface area contributed by atoms with Crippen LogP contribution in [0.4, 0.5) is 13.6 Å². The largest absolute Gasteiger partial charge is 0.337 e. The van der Waals surface area contributed by atoms with Gasteiger partial charge in [0.2, 0.25) is 0 Å². The monoisotopic (exact) mass is 590 g/mol. The minimum Gasteiger partial charge on any atom is -0.337 e. The molecule has 216 valence electrons. The molecule has 2 amide bonds. The summed E-state index contributed by atoms with van der Waals surface area (Å²) in [6.45, 7) is 4.95. The minimum atomic E-state index is -4.11. The maximum atomic E-state index is 13.2. The molecule has 1 saturated carbocycles. The lowest BCUT2D eigenvalue weighted by Crippen LogP contribution is -2.41. The highest BCUT2D eigenvalue weighted by molar-refractivity contribution is 7.99. The lowest BCUT2D eigenvalue weighted by atomic mass is 9.89. The summed E-state index contributed by atoms with van der Waals surface area (Å²) in [5.74, 6) is -1.30. The van der Waals surface area contributed by atoms with Crippen LogP contribution in [0.1, 0.15) is 69.7 Å². The zero-order valence-corrected chi connectivity index (χ0v) is 24.4. The van der Waals surface area contributed by atoms with Gasteiger partial charge >= 0.3 is 6.03 Å². The average Bonchev–Trinajstić information content (AvgIpc) is 3.33. The van der Waals surface area contributed by atoms with Crippen LogP contribution in [-0.4, -0.2) is 36.3 Å². The van der Waals surface area contributed by atoms with E-state index in [9.17, 15) is 22.0 Å². The Balaban J connectivity index is 1.48. The van der Waals surface area contributed by atoms with Crippen molar-refractivity contribution in [3.05, 3.63) is 66.1 Å². The highest BCUT2D eigenvalue weighted by Gasteiger charge is 2.23. The quantitative estimate of drug-likeness (QED) is 0.235. The molecule has 0 aliphatic heterocycles. The molecule has 1 unspecified atom stereocenters. The molecule has 1 aliphatic rings. The van der Waals surface area contributed by atoms with Crippen LogP contribution in [-0.2, 0) is 16.6 Å². The van der Waals surface area contributed by atoms with Gasteiger partial charge in [-0.05, 0) is 54.1 Å². The number of carbonyl (C=O) groups is 1. The lowest BCUT2D eigenvalue weighted by molar-refractivity contribution is 0.241. The molecule has 1 aromatic heterocycles. The SMILES string of the molecule is CCC(C)c1nc(SC(F)F)cn1Cc1ccc(-c2ccccc2S(=O)(=O)NC(=O)NCC2CCCCC2)cc1. The molecule has 1 heterocycles. The molecule has 0 spiro atoms. The molecule has 40 heavy (non-hydrogen) atoms. The number of imidazole rings is 1. The topological polar surface area (TPSA) is 93.1 Å². The maximum absolute atomic E-state index is 13.2. The Kier molecular flexibility index (Phi) is 10.2. The van der Waals surface area contributed by atoms with Crippen LogP contribution in [0.25, 0.3) is 11.1 Å². The first kappa shape index (κ1) is 30.0. The van der Waals surface area contributed by atoms with Gasteiger partial charge in [-0.15, -0.1) is 0 Å². The Labute approximate surface area is 239 Å². The van der Waals surface area contributed by atoms with Crippen LogP contribution in [0.2, 0.25) is 0 Å². The van der Waals surface area contributed by atoms with Crippen molar-refractivity contribution in [2.24, 2.45) is 5.92 Å². The van der Waals surface area contributed by atoms with E-state index in [1.54, 1.807) is 24.4 Å². The number of hydrogen-bond acceptors (Lipinski definition) is 5. The van der Waals surface area contributed by atoms with Crippen LogP contribution in [0.3, 0.4) is 0 Å². The van der Waals surface area contributed by atoms with Gasteiger partial charge < -0.3 is 9.88 Å². The number of benzene rings is 2. The molecule has 1 fully saturated rings. The third-order valence-corrected chi connectivity index (χ3v) is 9.35. The summed E-state index contributed by atoms with van der Waals surface area (Å²) in [4.78, 5) is 16.9. The molecular weight excluding hydrogens is 554 g/mol. The fourth-order valence-electron chi connectivity index (χ4n) is 5.02. The second-order valence-corrected chi connectivity index (χ2v) is 12.9. The predicted octanol–water partition coefficient (Wildman–Crippen LogP) is 6.99. The molecule has 3 aromatic rings.